The van der Waals surface area contributed by atoms with Crippen LogP contribution in [0.3, 0.4) is 0 Å². The predicted octanol–water partition coefficient (Wildman–Crippen LogP) is 4.47. The van der Waals surface area contributed by atoms with Gasteiger partial charge in [0.25, 0.3) is 0 Å². The summed E-state index contributed by atoms with van der Waals surface area (Å²) in [6.45, 7) is 15.1. The molecule has 1 aromatic rings. The highest BCUT2D eigenvalue weighted by Crippen LogP contribution is 2.60. The Kier molecular flexibility index (Phi) is 5.34. The van der Waals surface area contributed by atoms with Gasteiger partial charge in [0, 0.05) is 18.6 Å². The number of ether oxygens (including phenoxy) is 1. The summed E-state index contributed by atoms with van der Waals surface area (Å²) in [6, 6.07) is 7.05. The van der Waals surface area contributed by atoms with Crippen LogP contribution in [0.5, 0.6) is 0 Å². The Balaban J connectivity index is 2.38. The largest absolute Gasteiger partial charge is 0.396 e. The van der Waals surface area contributed by atoms with Crippen LogP contribution in [0.2, 0.25) is 0 Å². The smallest absolute Gasteiger partial charge is 0.0506 e. The van der Waals surface area contributed by atoms with Gasteiger partial charge in [-0.3, -0.25) is 0 Å². The molecule has 0 saturated heterocycles. The molecule has 2 unspecified atom stereocenters. The zero-order valence-electron chi connectivity index (χ0n) is 15.0. The third kappa shape index (κ3) is 3.09. The van der Waals surface area contributed by atoms with Gasteiger partial charge in [-0.25, -0.2) is 0 Å². The Bertz CT molecular complexity index is 480. The van der Waals surface area contributed by atoms with E-state index in [-0.39, 0.29) is 12.0 Å². The van der Waals surface area contributed by atoms with E-state index in [1.54, 1.807) is 0 Å². The average Bonchev–Trinajstić information content (AvgIpc) is 3.09. The summed E-state index contributed by atoms with van der Waals surface area (Å²) < 4.78 is 5.65. The van der Waals surface area contributed by atoms with E-state index in [0.29, 0.717) is 23.7 Å². The molecular weight excluding hydrogens is 272 g/mol. The summed E-state index contributed by atoms with van der Waals surface area (Å²) in [7, 11) is 0. The van der Waals surface area contributed by atoms with E-state index < -0.39 is 0 Å². The number of aliphatic hydroxyl groups excluding tert-OH is 1. The van der Waals surface area contributed by atoms with E-state index in [1.165, 1.54) is 16.7 Å². The third-order valence-corrected chi connectivity index (χ3v) is 5.55. The van der Waals surface area contributed by atoms with Crippen molar-refractivity contribution < 1.29 is 9.84 Å². The van der Waals surface area contributed by atoms with Crippen LogP contribution in [-0.4, -0.2) is 24.9 Å². The molecule has 0 spiro atoms. The molecule has 0 bridgehead atoms. The highest BCUT2D eigenvalue weighted by atomic mass is 16.5. The number of benzene rings is 1. The molecule has 1 aromatic carbocycles. The second-order valence-electron chi connectivity index (χ2n) is 7.54. The molecule has 2 heteroatoms. The molecule has 1 aliphatic carbocycles. The zero-order chi connectivity index (χ0) is 16.5. The van der Waals surface area contributed by atoms with Crippen LogP contribution in [-0.2, 0) is 10.2 Å². The fraction of sp³-hybridized carbons (Fsp3) is 0.700. The fourth-order valence-electron chi connectivity index (χ4n) is 3.63. The van der Waals surface area contributed by atoms with E-state index in [2.05, 4.69) is 52.8 Å². The van der Waals surface area contributed by atoms with Gasteiger partial charge in [-0.1, -0.05) is 52.8 Å². The van der Waals surface area contributed by atoms with Gasteiger partial charge in [-0.15, -0.1) is 0 Å². The van der Waals surface area contributed by atoms with Crippen LogP contribution in [0.1, 0.15) is 70.1 Å². The van der Waals surface area contributed by atoms with E-state index in [4.69, 9.17) is 4.74 Å². The molecule has 0 heterocycles. The summed E-state index contributed by atoms with van der Waals surface area (Å²) >= 11 is 0. The molecule has 0 aromatic heterocycles. The van der Waals surface area contributed by atoms with Crippen molar-refractivity contribution in [2.24, 2.45) is 11.8 Å². The summed E-state index contributed by atoms with van der Waals surface area (Å²) in [4.78, 5) is 0. The van der Waals surface area contributed by atoms with Crippen molar-refractivity contribution in [1.29, 1.82) is 0 Å². The molecular formula is C20H32O2. The third-order valence-electron chi connectivity index (χ3n) is 5.55. The molecule has 124 valence electrons. The molecule has 1 aliphatic rings. The lowest BCUT2D eigenvalue weighted by Crippen LogP contribution is -2.12. The Morgan fingerprint density at radius 3 is 2.00 bits per heavy atom. The molecule has 0 amide bonds. The number of hydrogen-bond acceptors (Lipinski definition) is 2. The molecule has 1 fully saturated rings. The first kappa shape index (κ1) is 17.5. The SMILES string of the molecule is CCOCC1[C@H](CO)C1(C)c1cc(C(C)C)cc(C(C)C)c1. The van der Waals surface area contributed by atoms with Gasteiger partial charge in [0.05, 0.1) is 6.61 Å². The van der Waals surface area contributed by atoms with Crippen LogP contribution in [0.4, 0.5) is 0 Å². The van der Waals surface area contributed by atoms with E-state index >= 15 is 0 Å². The second-order valence-corrected chi connectivity index (χ2v) is 7.54. The average molecular weight is 304 g/mol. The van der Waals surface area contributed by atoms with Crippen molar-refractivity contribution in [2.75, 3.05) is 19.8 Å². The number of hydrogen-bond donors (Lipinski definition) is 1. The van der Waals surface area contributed by atoms with E-state index in [1.807, 2.05) is 6.92 Å². The fourth-order valence-corrected chi connectivity index (χ4v) is 3.63. The van der Waals surface area contributed by atoms with Gasteiger partial charge in [0.2, 0.25) is 0 Å². The first-order valence-corrected chi connectivity index (χ1v) is 8.70. The van der Waals surface area contributed by atoms with Crippen LogP contribution < -0.4 is 0 Å². The first-order chi connectivity index (χ1) is 10.4. The Labute approximate surface area is 135 Å². The summed E-state index contributed by atoms with van der Waals surface area (Å²) in [5.74, 6) is 1.80. The predicted molar refractivity (Wildman–Crippen MR) is 92.5 cm³/mol. The lowest BCUT2D eigenvalue weighted by atomic mass is 9.86. The molecule has 1 N–H and O–H groups in total. The van der Waals surface area contributed by atoms with Crippen LogP contribution in [0, 0.1) is 11.8 Å². The van der Waals surface area contributed by atoms with Crippen molar-refractivity contribution >= 4 is 0 Å². The molecule has 2 nitrogen and oxygen atoms in total. The molecule has 2 rings (SSSR count). The summed E-state index contributed by atoms with van der Waals surface area (Å²) in [6.07, 6.45) is 0. The second kappa shape index (κ2) is 6.72. The summed E-state index contributed by atoms with van der Waals surface area (Å²) in [5.41, 5.74) is 4.24. The van der Waals surface area contributed by atoms with Crippen LogP contribution in [0.15, 0.2) is 18.2 Å². The Morgan fingerprint density at radius 2 is 1.59 bits per heavy atom. The Morgan fingerprint density at radius 1 is 1.05 bits per heavy atom. The lowest BCUT2D eigenvalue weighted by Gasteiger charge is -2.19. The van der Waals surface area contributed by atoms with Crippen molar-refractivity contribution in [3.63, 3.8) is 0 Å². The van der Waals surface area contributed by atoms with Crippen molar-refractivity contribution in [3.05, 3.63) is 34.9 Å². The Hall–Kier alpha value is -0.860. The normalized spacial score (nSPS) is 27.7. The minimum atomic E-state index is 0.0540. The lowest BCUT2D eigenvalue weighted by molar-refractivity contribution is 0.126. The van der Waals surface area contributed by atoms with Crippen LogP contribution >= 0.6 is 0 Å². The maximum atomic E-state index is 9.77. The highest BCUT2D eigenvalue weighted by Gasteiger charge is 2.61. The topological polar surface area (TPSA) is 29.5 Å². The number of aliphatic hydroxyl groups is 1. The zero-order valence-corrected chi connectivity index (χ0v) is 15.0. The van der Waals surface area contributed by atoms with Crippen molar-refractivity contribution in [3.8, 4) is 0 Å². The monoisotopic (exact) mass is 304 g/mol. The minimum Gasteiger partial charge on any atom is -0.396 e. The molecule has 0 radical (unpaired) electrons. The molecule has 0 aliphatic heterocycles. The van der Waals surface area contributed by atoms with Crippen LogP contribution in [0.25, 0.3) is 0 Å². The minimum absolute atomic E-state index is 0.0540. The molecule has 1 saturated carbocycles. The van der Waals surface area contributed by atoms with Gasteiger partial charge < -0.3 is 9.84 Å². The van der Waals surface area contributed by atoms with Gasteiger partial charge in [0.15, 0.2) is 0 Å². The highest BCUT2D eigenvalue weighted by molar-refractivity contribution is 5.43. The number of rotatable bonds is 7. The van der Waals surface area contributed by atoms with E-state index in [9.17, 15) is 5.11 Å². The van der Waals surface area contributed by atoms with Gasteiger partial charge in [-0.2, -0.15) is 0 Å². The molecule has 22 heavy (non-hydrogen) atoms. The summed E-state index contributed by atoms with van der Waals surface area (Å²) in [5, 5.41) is 9.77. The first-order valence-electron chi connectivity index (χ1n) is 8.70. The van der Waals surface area contributed by atoms with Gasteiger partial charge >= 0.3 is 0 Å². The van der Waals surface area contributed by atoms with Gasteiger partial charge in [0.1, 0.15) is 0 Å². The molecule has 3 atom stereocenters. The van der Waals surface area contributed by atoms with Crippen molar-refractivity contribution in [2.45, 2.75) is 58.8 Å². The van der Waals surface area contributed by atoms with E-state index in [0.717, 1.165) is 13.2 Å². The standard InChI is InChI=1S/C20H32O2/c1-7-22-12-19-18(11-21)20(19,6)17-9-15(13(2)3)8-16(10-17)14(4)5/h8-10,13-14,18-19,21H,7,11-12H2,1-6H3/t18-,19?,20?/m0/s1. The maximum Gasteiger partial charge on any atom is 0.0506 e. The van der Waals surface area contributed by atoms with Crippen molar-refractivity contribution in [1.82, 2.24) is 0 Å². The maximum absolute atomic E-state index is 9.77. The van der Waals surface area contributed by atoms with Gasteiger partial charge in [-0.05, 0) is 47.3 Å². The quantitative estimate of drug-likeness (QED) is 0.805.